The molecule has 0 radical (unpaired) electrons. The lowest BCUT2D eigenvalue weighted by Gasteiger charge is -2.40. The van der Waals surface area contributed by atoms with Gasteiger partial charge >= 0.3 is 6.18 Å². The number of rotatable bonds is 4. The van der Waals surface area contributed by atoms with E-state index in [0.29, 0.717) is 13.1 Å². The van der Waals surface area contributed by atoms with Crippen molar-refractivity contribution in [1.82, 2.24) is 5.43 Å². The van der Waals surface area contributed by atoms with Gasteiger partial charge in [-0.1, -0.05) is 0 Å². The minimum absolute atomic E-state index is 0.0000477. The molecule has 7 heteroatoms. The highest BCUT2D eigenvalue weighted by Gasteiger charge is 2.34. The Hall–Kier alpha value is -1.47. The largest absolute Gasteiger partial charge is 0.418 e. The van der Waals surface area contributed by atoms with Crippen LogP contribution in [0.1, 0.15) is 5.56 Å². The standard InChI is InChI=1S/C12H16F3N3O/c1-16-17-11-4-9(18-5-8(6-18)7-19)2-3-10(11)12(13,14)15/h2-4,8,16-17,19H,5-7H2,1H3. The van der Waals surface area contributed by atoms with E-state index < -0.39 is 11.7 Å². The Morgan fingerprint density at radius 2 is 2.05 bits per heavy atom. The normalized spacial score (nSPS) is 16.4. The lowest BCUT2D eigenvalue weighted by molar-refractivity contribution is -0.137. The molecule has 0 saturated carbocycles. The molecule has 0 aromatic heterocycles. The van der Waals surface area contributed by atoms with E-state index in [1.165, 1.54) is 19.2 Å². The maximum absolute atomic E-state index is 12.8. The van der Waals surface area contributed by atoms with Crippen molar-refractivity contribution in [2.75, 3.05) is 37.1 Å². The molecule has 1 saturated heterocycles. The zero-order chi connectivity index (χ0) is 14.0. The van der Waals surface area contributed by atoms with Gasteiger partial charge in [0.05, 0.1) is 11.3 Å². The summed E-state index contributed by atoms with van der Waals surface area (Å²) in [4.78, 5) is 1.93. The molecular weight excluding hydrogens is 259 g/mol. The summed E-state index contributed by atoms with van der Waals surface area (Å²) < 4.78 is 38.4. The van der Waals surface area contributed by atoms with Crippen molar-refractivity contribution >= 4 is 11.4 Å². The zero-order valence-corrected chi connectivity index (χ0v) is 10.5. The van der Waals surface area contributed by atoms with E-state index in [4.69, 9.17) is 5.11 Å². The van der Waals surface area contributed by atoms with Crippen molar-refractivity contribution in [2.45, 2.75) is 6.18 Å². The number of nitrogens with zero attached hydrogens (tertiary/aromatic N) is 1. The van der Waals surface area contributed by atoms with Crippen LogP contribution in [0.3, 0.4) is 0 Å². The number of alkyl halides is 3. The second kappa shape index (κ2) is 5.26. The highest BCUT2D eigenvalue weighted by Crippen LogP contribution is 2.37. The fraction of sp³-hybridized carbons (Fsp3) is 0.500. The first-order chi connectivity index (χ1) is 8.95. The van der Waals surface area contributed by atoms with Crippen molar-refractivity contribution in [1.29, 1.82) is 0 Å². The van der Waals surface area contributed by atoms with Crippen molar-refractivity contribution in [3.63, 3.8) is 0 Å². The number of hydrogen-bond acceptors (Lipinski definition) is 4. The molecule has 0 atom stereocenters. The van der Waals surface area contributed by atoms with Crippen molar-refractivity contribution in [2.24, 2.45) is 5.92 Å². The number of nitrogens with one attached hydrogen (secondary N) is 2. The van der Waals surface area contributed by atoms with Crippen molar-refractivity contribution in [3.05, 3.63) is 23.8 Å². The Balaban J connectivity index is 2.22. The third kappa shape index (κ3) is 2.93. The molecule has 1 heterocycles. The van der Waals surface area contributed by atoms with E-state index in [9.17, 15) is 13.2 Å². The van der Waals surface area contributed by atoms with Gasteiger partial charge in [0.1, 0.15) is 0 Å². The maximum Gasteiger partial charge on any atom is 0.418 e. The number of halogens is 3. The highest BCUT2D eigenvalue weighted by atomic mass is 19.4. The molecule has 0 spiro atoms. The lowest BCUT2D eigenvalue weighted by atomic mass is 9.99. The van der Waals surface area contributed by atoms with Crippen LogP contribution in [-0.4, -0.2) is 31.9 Å². The quantitative estimate of drug-likeness (QED) is 0.732. The third-order valence-electron chi connectivity index (χ3n) is 3.15. The van der Waals surface area contributed by atoms with Crippen molar-refractivity contribution in [3.8, 4) is 0 Å². The molecule has 3 N–H and O–H groups in total. The molecule has 1 aromatic carbocycles. The minimum atomic E-state index is -4.39. The van der Waals surface area contributed by atoms with Gasteiger partial charge in [0.15, 0.2) is 0 Å². The van der Waals surface area contributed by atoms with E-state index in [2.05, 4.69) is 10.9 Å². The number of aliphatic hydroxyl groups excluding tert-OH is 1. The van der Waals surface area contributed by atoms with Gasteiger partial charge < -0.3 is 15.4 Å². The highest BCUT2D eigenvalue weighted by molar-refractivity contribution is 5.63. The van der Waals surface area contributed by atoms with Gasteiger partial charge in [0.2, 0.25) is 0 Å². The van der Waals surface area contributed by atoms with Crippen LogP contribution >= 0.6 is 0 Å². The number of hydrogen-bond donors (Lipinski definition) is 3. The average Bonchev–Trinajstić information content (AvgIpc) is 2.26. The summed E-state index contributed by atoms with van der Waals surface area (Å²) in [5.74, 6) is 0.211. The summed E-state index contributed by atoms with van der Waals surface area (Å²) >= 11 is 0. The molecule has 0 bridgehead atoms. The summed E-state index contributed by atoms with van der Waals surface area (Å²) in [7, 11) is 1.51. The first-order valence-electron chi connectivity index (χ1n) is 5.95. The van der Waals surface area contributed by atoms with Crippen LogP contribution < -0.4 is 15.8 Å². The lowest BCUT2D eigenvalue weighted by Crippen LogP contribution is -2.48. The molecule has 0 amide bonds. The van der Waals surface area contributed by atoms with Crippen LogP contribution in [0, 0.1) is 5.92 Å². The van der Waals surface area contributed by atoms with Crippen LogP contribution in [-0.2, 0) is 6.18 Å². The first-order valence-corrected chi connectivity index (χ1v) is 5.95. The topological polar surface area (TPSA) is 47.5 Å². The van der Waals surface area contributed by atoms with Gasteiger partial charge in [-0.25, -0.2) is 5.43 Å². The van der Waals surface area contributed by atoms with E-state index in [1.807, 2.05) is 4.90 Å². The summed E-state index contributed by atoms with van der Waals surface area (Å²) in [5.41, 5.74) is 5.03. The Labute approximate surface area is 109 Å². The van der Waals surface area contributed by atoms with Gasteiger partial charge in [0, 0.05) is 38.3 Å². The number of benzene rings is 1. The fourth-order valence-electron chi connectivity index (χ4n) is 2.11. The molecule has 2 rings (SSSR count). The van der Waals surface area contributed by atoms with Gasteiger partial charge in [-0.2, -0.15) is 13.2 Å². The second-order valence-corrected chi connectivity index (χ2v) is 4.56. The molecule has 1 aromatic rings. The summed E-state index contributed by atoms with van der Waals surface area (Å²) in [6, 6.07) is 3.99. The fourth-order valence-corrected chi connectivity index (χ4v) is 2.11. The van der Waals surface area contributed by atoms with Crippen LogP contribution in [0.15, 0.2) is 18.2 Å². The Bertz CT molecular complexity index is 444. The molecule has 1 fully saturated rings. The first kappa shape index (κ1) is 14.0. The van der Waals surface area contributed by atoms with E-state index in [-0.39, 0.29) is 18.2 Å². The van der Waals surface area contributed by atoms with Gasteiger partial charge in [-0.15, -0.1) is 0 Å². The summed E-state index contributed by atoms with van der Waals surface area (Å²) in [6.45, 7) is 1.44. The average molecular weight is 275 g/mol. The second-order valence-electron chi connectivity index (χ2n) is 4.56. The van der Waals surface area contributed by atoms with Crippen molar-refractivity contribution < 1.29 is 18.3 Å². The van der Waals surface area contributed by atoms with Gasteiger partial charge in [-0.05, 0) is 18.2 Å². The maximum atomic E-state index is 12.8. The molecule has 106 valence electrons. The van der Waals surface area contributed by atoms with Crippen LogP contribution in [0.25, 0.3) is 0 Å². The predicted octanol–water partition coefficient (Wildman–Crippen LogP) is 1.68. The number of anilines is 2. The summed E-state index contributed by atoms with van der Waals surface area (Å²) in [6.07, 6.45) is -4.39. The minimum Gasteiger partial charge on any atom is -0.396 e. The molecule has 1 aliphatic rings. The van der Waals surface area contributed by atoms with Crippen LogP contribution in [0.5, 0.6) is 0 Å². The molecular formula is C12H16F3N3O. The van der Waals surface area contributed by atoms with Gasteiger partial charge in [-0.3, -0.25) is 0 Å². The molecule has 4 nitrogen and oxygen atoms in total. The molecule has 1 aliphatic heterocycles. The third-order valence-corrected chi connectivity index (χ3v) is 3.15. The van der Waals surface area contributed by atoms with Crippen LogP contribution in [0.2, 0.25) is 0 Å². The smallest absolute Gasteiger partial charge is 0.396 e. The zero-order valence-electron chi connectivity index (χ0n) is 10.5. The summed E-state index contributed by atoms with van der Waals surface area (Å²) in [5, 5.41) is 8.94. The van der Waals surface area contributed by atoms with E-state index >= 15 is 0 Å². The molecule has 0 unspecified atom stereocenters. The predicted molar refractivity (Wildman–Crippen MR) is 66.9 cm³/mol. The van der Waals surface area contributed by atoms with Crippen LogP contribution in [0.4, 0.5) is 24.5 Å². The Kier molecular flexibility index (Phi) is 3.86. The van der Waals surface area contributed by atoms with Gasteiger partial charge in [0.25, 0.3) is 0 Å². The molecule has 19 heavy (non-hydrogen) atoms. The number of hydrazine groups is 1. The SMILES string of the molecule is CNNc1cc(N2CC(CO)C2)ccc1C(F)(F)F. The van der Waals surface area contributed by atoms with E-state index in [0.717, 1.165) is 11.8 Å². The molecule has 0 aliphatic carbocycles. The Morgan fingerprint density at radius 3 is 2.58 bits per heavy atom. The Morgan fingerprint density at radius 1 is 1.37 bits per heavy atom. The number of aliphatic hydroxyl groups is 1. The van der Waals surface area contributed by atoms with E-state index in [1.54, 1.807) is 0 Å². The monoisotopic (exact) mass is 275 g/mol.